The lowest BCUT2D eigenvalue weighted by atomic mass is 10.1. The number of carbonyl (C=O) groups excluding carboxylic acids is 1. The first-order valence-electron chi connectivity index (χ1n) is 3.69. The van der Waals surface area contributed by atoms with E-state index in [0.717, 1.165) is 11.4 Å². The molecular weight excluding hydrogens is 154 g/mol. The van der Waals surface area contributed by atoms with Crippen LogP contribution in [0.3, 0.4) is 0 Å². The molecule has 4 N–H and O–H groups in total. The van der Waals surface area contributed by atoms with E-state index in [1.165, 1.54) is 0 Å². The number of benzene rings is 1. The number of nitrogens with two attached hydrogens (primary N) is 1. The van der Waals surface area contributed by atoms with Gasteiger partial charge in [0.1, 0.15) is 0 Å². The lowest BCUT2D eigenvalue weighted by molar-refractivity contribution is 0.100. The number of carbonyl (C=O) groups is 1. The zero-order valence-electron chi connectivity index (χ0n) is 6.42. The molecule has 1 aromatic carbocycles. The minimum absolute atomic E-state index is 0.400. The Morgan fingerprint density at radius 1 is 1.42 bits per heavy atom. The summed E-state index contributed by atoms with van der Waals surface area (Å²) in [5.41, 5.74) is 7.47. The van der Waals surface area contributed by atoms with Crippen LogP contribution in [0, 0.1) is 0 Å². The molecule has 1 aromatic rings. The topological polar surface area (TPSA) is 67.2 Å². The highest BCUT2D eigenvalue weighted by atomic mass is 16.1. The van der Waals surface area contributed by atoms with Gasteiger partial charge in [-0.3, -0.25) is 4.79 Å². The minimum atomic E-state index is -0.400. The SMILES string of the molecule is NC(=O)c1cccc2c1NCN2. The predicted octanol–water partition coefficient (Wildman–Crippen LogP) is 0.580. The average molecular weight is 163 g/mol. The molecule has 62 valence electrons. The van der Waals surface area contributed by atoms with Gasteiger partial charge in [-0.1, -0.05) is 6.07 Å². The Morgan fingerprint density at radius 2 is 2.25 bits per heavy atom. The van der Waals surface area contributed by atoms with Gasteiger partial charge in [-0.05, 0) is 12.1 Å². The van der Waals surface area contributed by atoms with Crippen LogP contribution < -0.4 is 16.4 Å². The molecule has 1 aliphatic heterocycles. The molecule has 1 amide bonds. The van der Waals surface area contributed by atoms with E-state index < -0.39 is 5.91 Å². The van der Waals surface area contributed by atoms with Crippen molar-refractivity contribution in [3.63, 3.8) is 0 Å². The van der Waals surface area contributed by atoms with Gasteiger partial charge in [-0.2, -0.15) is 0 Å². The first-order chi connectivity index (χ1) is 5.79. The van der Waals surface area contributed by atoms with Gasteiger partial charge in [-0.25, -0.2) is 0 Å². The van der Waals surface area contributed by atoms with Gasteiger partial charge in [0.2, 0.25) is 0 Å². The molecule has 4 heteroatoms. The van der Waals surface area contributed by atoms with Crippen LogP contribution in [0.1, 0.15) is 10.4 Å². The second-order valence-electron chi connectivity index (χ2n) is 2.62. The fraction of sp³-hybridized carbons (Fsp3) is 0.125. The first-order valence-corrected chi connectivity index (χ1v) is 3.69. The van der Waals surface area contributed by atoms with Crippen molar-refractivity contribution in [1.82, 2.24) is 0 Å². The van der Waals surface area contributed by atoms with Crippen LogP contribution in [0.25, 0.3) is 0 Å². The Kier molecular flexibility index (Phi) is 1.40. The summed E-state index contributed by atoms with van der Waals surface area (Å²) in [5.74, 6) is -0.400. The maximum absolute atomic E-state index is 10.9. The molecule has 0 radical (unpaired) electrons. The van der Waals surface area contributed by atoms with Gasteiger partial charge >= 0.3 is 0 Å². The molecule has 0 saturated carbocycles. The van der Waals surface area contributed by atoms with Crippen molar-refractivity contribution in [3.8, 4) is 0 Å². The molecule has 1 heterocycles. The van der Waals surface area contributed by atoms with Crippen LogP contribution in [0.4, 0.5) is 11.4 Å². The van der Waals surface area contributed by atoms with Crippen molar-refractivity contribution in [2.24, 2.45) is 5.73 Å². The van der Waals surface area contributed by atoms with Crippen LogP contribution in [0.2, 0.25) is 0 Å². The summed E-state index contributed by atoms with van der Waals surface area (Å²) >= 11 is 0. The zero-order chi connectivity index (χ0) is 8.55. The van der Waals surface area contributed by atoms with Crippen molar-refractivity contribution < 1.29 is 4.79 Å². The number of para-hydroxylation sites is 1. The summed E-state index contributed by atoms with van der Waals surface area (Å²) in [6, 6.07) is 5.42. The third-order valence-electron chi connectivity index (χ3n) is 1.87. The van der Waals surface area contributed by atoms with Crippen molar-refractivity contribution in [1.29, 1.82) is 0 Å². The fourth-order valence-electron chi connectivity index (χ4n) is 1.32. The zero-order valence-corrected chi connectivity index (χ0v) is 6.42. The number of nitrogens with one attached hydrogen (secondary N) is 2. The van der Waals surface area contributed by atoms with E-state index in [9.17, 15) is 4.79 Å². The highest BCUT2D eigenvalue weighted by Crippen LogP contribution is 2.29. The van der Waals surface area contributed by atoms with E-state index in [1.807, 2.05) is 6.07 Å². The highest BCUT2D eigenvalue weighted by molar-refractivity contribution is 6.02. The van der Waals surface area contributed by atoms with Gasteiger partial charge in [0.15, 0.2) is 0 Å². The molecule has 0 aromatic heterocycles. The normalized spacial score (nSPS) is 13.0. The number of primary amides is 1. The molecule has 0 aliphatic carbocycles. The molecule has 0 fully saturated rings. The molecule has 0 unspecified atom stereocenters. The van der Waals surface area contributed by atoms with Crippen molar-refractivity contribution in [3.05, 3.63) is 23.8 Å². The van der Waals surface area contributed by atoms with Crippen molar-refractivity contribution in [2.45, 2.75) is 0 Å². The molecule has 0 bridgehead atoms. The Bertz CT molecular complexity index is 335. The number of rotatable bonds is 1. The quantitative estimate of drug-likeness (QED) is 0.567. The Morgan fingerprint density at radius 3 is 3.00 bits per heavy atom. The number of amides is 1. The van der Waals surface area contributed by atoms with Crippen molar-refractivity contribution in [2.75, 3.05) is 17.3 Å². The van der Waals surface area contributed by atoms with E-state index in [0.29, 0.717) is 12.2 Å². The molecular formula is C8H9N3O. The molecule has 0 saturated heterocycles. The van der Waals surface area contributed by atoms with E-state index in [-0.39, 0.29) is 0 Å². The summed E-state index contributed by atoms with van der Waals surface area (Å²) in [7, 11) is 0. The van der Waals surface area contributed by atoms with E-state index >= 15 is 0 Å². The lowest BCUT2D eigenvalue weighted by Crippen LogP contribution is -2.12. The highest BCUT2D eigenvalue weighted by Gasteiger charge is 2.15. The summed E-state index contributed by atoms with van der Waals surface area (Å²) in [6.45, 7) is 0.652. The summed E-state index contributed by atoms with van der Waals surface area (Å²) in [6.07, 6.45) is 0. The molecule has 0 atom stereocenters. The number of hydrogen-bond acceptors (Lipinski definition) is 3. The van der Waals surface area contributed by atoms with Gasteiger partial charge in [0.05, 0.1) is 23.6 Å². The van der Waals surface area contributed by atoms with E-state index in [4.69, 9.17) is 5.73 Å². The van der Waals surface area contributed by atoms with Gasteiger partial charge in [0, 0.05) is 0 Å². The minimum Gasteiger partial charge on any atom is -0.366 e. The molecule has 1 aliphatic rings. The maximum atomic E-state index is 10.9. The molecule has 2 rings (SSSR count). The van der Waals surface area contributed by atoms with Crippen LogP contribution in [0.15, 0.2) is 18.2 Å². The fourth-order valence-corrected chi connectivity index (χ4v) is 1.32. The summed E-state index contributed by atoms with van der Waals surface area (Å²) in [4.78, 5) is 10.9. The van der Waals surface area contributed by atoms with Crippen LogP contribution in [-0.2, 0) is 0 Å². The number of anilines is 2. The smallest absolute Gasteiger partial charge is 0.250 e. The van der Waals surface area contributed by atoms with Crippen LogP contribution >= 0.6 is 0 Å². The maximum Gasteiger partial charge on any atom is 0.250 e. The average Bonchev–Trinajstić information content (AvgIpc) is 2.49. The largest absolute Gasteiger partial charge is 0.366 e. The Labute approximate surface area is 69.8 Å². The predicted molar refractivity (Wildman–Crippen MR) is 47.1 cm³/mol. The lowest BCUT2D eigenvalue weighted by Gasteiger charge is -2.02. The van der Waals surface area contributed by atoms with E-state index in [2.05, 4.69) is 10.6 Å². The second kappa shape index (κ2) is 2.41. The Balaban J connectivity index is 2.56. The van der Waals surface area contributed by atoms with Crippen molar-refractivity contribution >= 4 is 17.3 Å². The van der Waals surface area contributed by atoms with Crippen LogP contribution in [-0.4, -0.2) is 12.6 Å². The standard InChI is InChI=1S/C8H9N3O/c9-8(12)5-2-1-3-6-7(5)11-4-10-6/h1-3,10-11H,4H2,(H2,9,12). The van der Waals surface area contributed by atoms with Crippen LogP contribution in [0.5, 0.6) is 0 Å². The Hall–Kier alpha value is -1.71. The first kappa shape index (κ1) is 6.97. The van der Waals surface area contributed by atoms with Gasteiger partial charge in [0.25, 0.3) is 5.91 Å². The summed E-state index contributed by atoms with van der Waals surface area (Å²) in [5, 5.41) is 6.11. The number of hydrogen-bond donors (Lipinski definition) is 3. The van der Waals surface area contributed by atoms with E-state index in [1.54, 1.807) is 12.1 Å². The molecule has 4 nitrogen and oxygen atoms in total. The summed E-state index contributed by atoms with van der Waals surface area (Å²) < 4.78 is 0. The molecule has 0 spiro atoms. The van der Waals surface area contributed by atoms with Gasteiger partial charge in [-0.15, -0.1) is 0 Å². The second-order valence-corrected chi connectivity index (χ2v) is 2.62. The molecule has 12 heavy (non-hydrogen) atoms. The monoisotopic (exact) mass is 163 g/mol. The third-order valence-corrected chi connectivity index (χ3v) is 1.87. The van der Waals surface area contributed by atoms with Gasteiger partial charge < -0.3 is 16.4 Å². The number of fused-ring (bicyclic) bond motifs is 1. The third kappa shape index (κ3) is 0.887.